The molecule has 1 amide bonds. The number of hydrogen-bond donors (Lipinski definition) is 0. The molecule has 0 saturated carbocycles. The normalized spacial score (nSPS) is 22.7. The zero-order valence-corrected chi connectivity index (χ0v) is 18.3. The Hall–Kier alpha value is -2.02. The topological polar surface area (TPSA) is 54.3 Å². The molecule has 7 heteroatoms. The summed E-state index contributed by atoms with van der Waals surface area (Å²) >= 11 is 1.50. The van der Waals surface area contributed by atoms with E-state index in [0.29, 0.717) is 17.8 Å². The van der Waals surface area contributed by atoms with Crippen LogP contribution < -0.4 is 4.90 Å². The molecule has 1 aromatic carbocycles. The zero-order valence-electron chi connectivity index (χ0n) is 17.5. The molecule has 0 aliphatic carbocycles. The van der Waals surface area contributed by atoms with Crippen molar-refractivity contribution in [2.45, 2.75) is 69.6 Å². The van der Waals surface area contributed by atoms with Gasteiger partial charge in [-0.05, 0) is 64.5 Å². The lowest BCUT2D eigenvalue weighted by Gasteiger charge is -2.39. The van der Waals surface area contributed by atoms with Crippen molar-refractivity contribution in [1.29, 1.82) is 0 Å². The SMILES string of the molecule is C[C@H]1CCC[C@H](C)N1C(=O)CSc1nnc(N2CCCCC2)n1-c1ccccc1. The Balaban J connectivity index is 1.55. The molecule has 29 heavy (non-hydrogen) atoms. The maximum absolute atomic E-state index is 13.0. The van der Waals surface area contributed by atoms with Crippen molar-refractivity contribution in [2.24, 2.45) is 0 Å². The van der Waals surface area contributed by atoms with Crippen LogP contribution in [0.25, 0.3) is 5.69 Å². The van der Waals surface area contributed by atoms with Gasteiger partial charge in [0.25, 0.3) is 0 Å². The van der Waals surface area contributed by atoms with E-state index < -0.39 is 0 Å². The van der Waals surface area contributed by atoms with Crippen LogP contribution in [-0.2, 0) is 4.79 Å². The minimum absolute atomic E-state index is 0.205. The van der Waals surface area contributed by atoms with Gasteiger partial charge in [-0.1, -0.05) is 30.0 Å². The lowest BCUT2D eigenvalue weighted by Crippen LogP contribution is -2.48. The Kier molecular flexibility index (Phi) is 6.43. The highest BCUT2D eigenvalue weighted by Gasteiger charge is 2.29. The van der Waals surface area contributed by atoms with Crippen LogP contribution in [0.2, 0.25) is 0 Å². The fraction of sp³-hybridized carbons (Fsp3) is 0.591. The number of anilines is 1. The van der Waals surface area contributed by atoms with Crippen molar-refractivity contribution < 1.29 is 4.79 Å². The van der Waals surface area contributed by atoms with Crippen molar-refractivity contribution in [3.05, 3.63) is 30.3 Å². The number of aromatic nitrogens is 3. The molecule has 2 fully saturated rings. The molecule has 156 valence electrons. The molecule has 0 radical (unpaired) electrons. The Bertz CT molecular complexity index is 808. The number of hydrogen-bond acceptors (Lipinski definition) is 5. The van der Waals surface area contributed by atoms with E-state index in [4.69, 9.17) is 0 Å². The van der Waals surface area contributed by atoms with Crippen molar-refractivity contribution in [1.82, 2.24) is 19.7 Å². The maximum Gasteiger partial charge on any atom is 0.233 e. The van der Waals surface area contributed by atoms with Gasteiger partial charge in [-0.3, -0.25) is 9.36 Å². The van der Waals surface area contributed by atoms with Crippen molar-refractivity contribution in [3.63, 3.8) is 0 Å². The summed E-state index contributed by atoms with van der Waals surface area (Å²) < 4.78 is 2.12. The number of thioether (sulfide) groups is 1. The average molecular weight is 414 g/mol. The molecular weight excluding hydrogens is 382 g/mol. The summed E-state index contributed by atoms with van der Waals surface area (Å²) in [4.78, 5) is 17.4. The van der Waals surface area contributed by atoms with E-state index in [1.807, 2.05) is 18.2 Å². The van der Waals surface area contributed by atoms with Gasteiger partial charge >= 0.3 is 0 Å². The molecule has 2 aromatic rings. The van der Waals surface area contributed by atoms with E-state index >= 15 is 0 Å². The summed E-state index contributed by atoms with van der Waals surface area (Å²) in [6, 6.07) is 10.9. The number of benzene rings is 1. The third-order valence-electron chi connectivity index (χ3n) is 6.08. The van der Waals surface area contributed by atoms with Gasteiger partial charge in [0.1, 0.15) is 0 Å². The Morgan fingerprint density at radius 3 is 2.38 bits per heavy atom. The van der Waals surface area contributed by atoms with Crippen LogP contribution in [0.5, 0.6) is 0 Å². The van der Waals surface area contributed by atoms with Gasteiger partial charge in [0, 0.05) is 25.2 Å². The fourth-order valence-corrected chi connectivity index (χ4v) is 5.39. The molecule has 4 rings (SSSR count). The third kappa shape index (κ3) is 4.44. The first-order chi connectivity index (χ1) is 14.1. The molecule has 0 spiro atoms. The molecule has 1 aromatic heterocycles. The predicted octanol–water partition coefficient (Wildman–Crippen LogP) is 4.14. The standard InChI is InChI=1S/C22H31N5OS/c1-17-10-9-11-18(2)26(17)20(28)16-29-22-24-23-21(25-14-7-4-8-15-25)27(22)19-12-5-3-6-13-19/h3,5-6,12-13,17-18H,4,7-11,14-16H2,1-2H3/t17-,18-/m0/s1. The first-order valence-corrected chi connectivity index (χ1v) is 11.8. The Morgan fingerprint density at radius 1 is 1.00 bits per heavy atom. The van der Waals surface area contributed by atoms with Crippen LogP contribution in [0, 0.1) is 0 Å². The highest BCUT2D eigenvalue weighted by Crippen LogP contribution is 2.29. The number of carbonyl (C=O) groups excluding carboxylic acids is 1. The van der Waals surface area contributed by atoms with Crippen LogP contribution in [-0.4, -0.2) is 56.5 Å². The van der Waals surface area contributed by atoms with Crippen LogP contribution in [0.1, 0.15) is 52.4 Å². The van der Waals surface area contributed by atoms with E-state index in [-0.39, 0.29) is 5.91 Å². The third-order valence-corrected chi connectivity index (χ3v) is 6.99. The number of piperidine rings is 2. The zero-order chi connectivity index (χ0) is 20.2. The van der Waals surface area contributed by atoms with E-state index in [9.17, 15) is 4.79 Å². The second kappa shape index (κ2) is 9.20. The molecule has 3 heterocycles. The van der Waals surface area contributed by atoms with Crippen LogP contribution in [0.15, 0.2) is 35.5 Å². The van der Waals surface area contributed by atoms with Gasteiger partial charge in [-0.25, -0.2) is 0 Å². The van der Waals surface area contributed by atoms with Gasteiger partial charge < -0.3 is 9.80 Å². The summed E-state index contributed by atoms with van der Waals surface area (Å²) in [5, 5.41) is 9.81. The lowest BCUT2D eigenvalue weighted by molar-refractivity contribution is -0.134. The summed E-state index contributed by atoms with van der Waals surface area (Å²) in [6.45, 7) is 6.35. The number of para-hydroxylation sites is 1. The van der Waals surface area contributed by atoms with Crippen molar-refractivity contribution in [3.8, 4) is 5.69 Å². The number of nitrogens with zero attached hydrogens (tertiary/aromatic N) is 5. The molecule has 0 N–H and O–H groups in total. The summed E-state index contributed by atoms with van der Waals surface area (Å²) in [6.07, 6.45) is 7.06. The van der Waals surface area contributed by atoms with Gasteiger partial charge in [0.15, 0.2) is 5.16 Å². The minimum atomic E-state index is 0.205. The smallest absolute Gasteiger partial charge is 0.233 e. The fourth-order valence-electron chi connectivity index (χ4n) is 4.57. The van der Waals surface area contributed by atoms with E-state index in [2.05, 4.69) is 50.5 Å². The maximum atomic E-state index is 13.0. The quantitative estimate of drug-likeness (QED) is 0.690. The monoisotopic (exact) mass is 413 g/mol. The Morgan fingerprint density at radius 2 is 1.69 bits per heavy atom. The van der Waals surface area contributed by atoms with Crippen LogP contribution in [0.4, 0.5) is 5.95 Å². The largest absolute Gasteiger partial charge is 0.341 e. The molecule has 6 nitrogen and oxygen atoms in total. The highest BCUT2D eigenvalue weighted by molar-refractivity contribution is 7.99. The predicted molar refractivity (Wildman–Crippen MR) is 118 cm³/mol. The van der Waals surface area contributed by atoms with Gasteiger partial charge in [0.05, 0.1) is 11.4 Å². The van der Waals surface area contributed by atoms with Crippen LogP contribution >= 0.6 is 11.8 Å². The number of carbonyl (C=O) groups is 1. The molecule has 0 unspecified atom stereocenters. The van der Waals surface area contributed by atoms with Crippen LogP contribution in [0.3, 0.4) is 0 Å². The molecule has 2 aliphatic heterocycles. The molecule has 2 saturated heterocycles. The Labute approximate surface area is 177 Å². The van der Waals surface area contributed by atoms with Crippen molar-refractivity contribution >= 4 is 23.6 Å². The first kappa shape index (κ1) is 20.3. The first-order valence-electron chi connectivity index (χ1n) is 10.8. The average Bonchev–Trinajstić information content (AvgIpc) is 3.17. The van der Waals surface area contributed by atoms with Gasteiger partial charge in [0.2, 0.25) is 11.9 Å². The number of likely N-dealkylation sites (tertiary alicyclic amines) is 1. The second-order valence-corrected chi connectivity index (χ2v) is 9.16. The van der Waals surface area contributed by atoms with Crippen molar-refractivity contribution in [2.75, 3.05) is 23.7 Å². The second-order valence-electron chi connectivity index (χ2n) is 8.22. The summed E-state index contributed by atoms with van der Waals surface area (Å²) in [7, 11) is 0. The summed E-state index contributed by atoms with van der Waals surface area (Å²) in [5.41, 5.74) is 1.05. The van der Waals surface area contributed by atoms with Gasteiger partial charge in [-0.15, -0.1) is 10.2 Å². The number of amides is 1. The number of rotatable bonds is 5. The highest BCUT2D eigenvalue weighted by atomic mass is 32.2. The molecule has 2 aliphatic rings. The minimum Gasteiger partial charge on any atom is -0.341 e. The van der Waals surface area contributed by atoms with E-state index in [1.54, 1.807) is 0 Å². The molecular formula is C22H31N5OS. The van der Waals surface area contributed by atoms with E-state index in [1.165, 1.54) is 37.4 Å². The lowest BCUT2D eigenvalue weighted by atomic mass is 9.98. The molecule has 2 atom stereocenters. The van der Waals surface area contributed by atoms with E-state index in [0.717, 1.165) is 42.7 Å². The summed E-state index contributed by atoms with van der Waals surface area (Å²) in [5.74, 6) is 1.50. The van der Waals surface area contributed by atoms with Gasteiger partial charge in [-0.2, -0.15) is 0 Å². The molecule has 0 bridgehead atoms.